The Labute approximate surface area is 131 Å². The SMILES string of the molecule is Cc1ccc(NS(C)(=O)=O)c(C(=O)N[C@H](C)[C@@H]2CCCO2)c1. The van der Waals surface area contributed by atoms with Crippen molar-refractivity contribution in [2.45, 2.75) is 38.8 Å². The van der Waals surface area contributed by atoms with E-state index in [0.29, 0.717) is 5.56 Å². The van der Waals surface area contributed by atoms with Gasteiger partial charge in [-0.2, -0.15) is 0 Å². The summed E-state index contributed by atoms with van der Waals surface area (Å²) in [5, 5.41) is 2.89. The number of aryl methyl sites for hydroxylation is 1. The average molecular weight is 326 g/mol. The molecule has 7 heteroatoms. The smallest absolute Gasteiger partial charge is 0.253 e. The van der Waals surface area contributed by atoms with E-state index in [2.05, 4.69) is 10.0 Å². The highest BCUT2D eigenvalue weighted by molar-refractivity contribution is 7.92. The number of nitrogens with one attached hydrogen (secondary N) is 2. The fourth-order valence-electron chi connectivity index (χ4n) is 2.51. The molecule has 0 radical (unpaired) electrons. The maximum absolute atomic E-state index is 12.5. The number of sulfonamides is 1. The molecule has 1 saturated heterocycles. The molecule has 2 N–H and O–H groups in total. The summed E-state index contributed by atoms with van der Waals surface area (Å²) < 4.78 is 30.8. The van der Waals surface area contributed by atoms with Crippen LogP contribution in [0.4, 0.5) is 5.69 Å². The van der Waals surface area contributed by atoms with Gasteiger partial charge in [-0.1, -0.05) is 11.6 Å². The molecule has 2 rings (SSSR count). The topological polar surface area (TPSA) is 84.5 Å². The molecule has 1 amide bonds. The molecule has 0 bridgehead atoms. The summed E-state index contributed by atoms with van der Waals surface area (Å²) in [6, 6.07) is 4.91. The zero-order chi connectivity index (χ0) is 16.3. The third kappa shape index (κ3) is 4.45. The van der Waals surface area contributed by atoms with Crippen LogP contribution in [0.15, 0.2) is 18.2 Å². The Bertz CT molecular complexity index is 652. The first-order chi connectivity index (χ1) is 10.3. The molecule has 0 aliphatic carbocycles. The Morgan fingerprint density at radius 2 is 2.14 bits per heavy atom. The Balaban J connectivity index is 2.18. The summed E-state index contributed by atoms with van der Waals surface area (Å²) in [5.41, 5.74) is 1.48. The fraction of sp³-hybridized carbons (Fsp3) is 0.533. The molecule has 1 heterocycles. The zero-order valence-electron chi connectivity index (χ0n) is 13.0. The first kappa shape index (κ1) is 16.8. The largest absolute Gasteiger partial charge is 0.376 e. The highest BCUT2D eigenvalue weighted by Gasteiger charge is 2.25. The molecule has 0 saturated carbocycles. The van der Waals surface area contributed by atoms with Crippen molar-refractivity contribution in [2.24, 2.45) is 0 Å². The second kappa shape index (κ2) is 6.66. The van der Waals surface area contributed by atoms with E-state index in [4.69, 9.17) is 4.74 Å². The maximum Gasteiger partial charge on any atom is 0.253 e. The van der Waals surface area contributed by atoms with Crippen LogP contribution in [0.3, 0.4) is 0 Å². The van der Waals surface area contributed by atoms with Gasteiger partial charge in [0.15, 0.2) is 0 Å². The van der Waals surface area contributed by atoms with E-state index in [9.17, 15) is 13.2 Å². The predicted octanol–water partition coefficient (Wildman–Crippen LogP) is 1.66. The van der Waals surface area contributed by atoms with Gasteiger partial charge in [0.2, 0.25) is 10.0 Å². The van der Waals surface area contributed by atoms with Crippen LogP contribution in [0.2, 0.25) is 0 Å². The first-order valence-electron chi connectivity index (χ1n) is 7.27. The van der Waals surface area contributed by atoms with Crippen LogP contribution in [0.1, 0.15) is 35.7 Å². The number of amides is 1. The van der Waals surface area contributed by atoms with Crippen LogP contribution >= 0.6 is 0 Å². The number of hydrogen-bond donors (Lipinski definition) is 2. The Hall–Kier alpha value is -1.60. The van der Waals surface area contributed by atoms with E-state index >= 15 is 0 Å². The van der Waals surface area contributed by atoms with Crippen LogP contribution < -0.4 is 10.0 Å². The van der Waals surface area contributed by atoms with E-state index in [-0.39, 0.29) is 23.7 Å². The van der Waals surface area contributed by atoms with Crippen LogP contribution in [-0.4, -0.2) is 39.3 Å². The summed E-state index contributed by atoms with van der Waals surface area (Å²) in [5.74, 6) is -0.308. The third-order valence-electron chi connectivity index (χ3n) is 3.60. The molecule has 122 valence electrons. The molecule has 0 aromatic heterocycles. The molecule has 1 aliphatic heterocycles. The van der Waals surface area contributed by atoms with Crippen molar-refractivity contribution in [1.29, 1.82) is 0 Å². The van der Waals surface area contributed by atoms with E-state index in [0.717, 1.165) is 31.3 Å². The molecule has 1 aromatic carbocycles. The monoisotopic (exact) mass is 326 g/mol. The van der Waals surface area contributed by atoms with Gasteiger partial charge in [0, 0.05) is 6.61 Å². The molecule has 1 aliphatic rings. The van der Waals surface area contributed by atoms with Crippen LogP contribution in [-0.2, 0) is 14.8 Å². The number of ether oxygens (including phenoxy) is 1. The van der Waals surface area contributed by atoms with Gasteiger partial charge in [-0.05, 0) is 38.8 Å². The summed E-state index contributed by atoms with van der Waals surface area (Å²) in [7, 11) is -3.44. The quantitative estimate of drug-likeness (QED) is 0.862. The summed E-state index contributed by atoms with van der Waals surface area (Å²) in [4.78, 5) is 12.5. The number of hydrogen-bond acceptors (Lipinski definition) is 4. The molecular weight excluding hydrogens is 304 g/mol. The summed E-state index contributed by atoms with van der Waals surface area (Å²) in [6.07, 6.45) is 2.99. The second-order valence-corrected chi connectivity index (χ2v) is 7.49. The lowest BCUT2D eigenvalue weighted by Gasteiger charge is -2.21. The van der Waals surface area contributed by atoms with Gasteiger partial charge in [-0.3, -0.25) is 9.52 Å². The number of benzene rings is 1. The minimum Gasteiger partial charge on any atom is -0.376 e. The van der Waals surface area contributed by atoms with Crippen molar-refractivity contribution >= 4 is 21.6 Å². The predicted molar refractivity (Wildman–Crippen MR) is 85.5 cm³/mol. The van der Waals surface area contributed by atoms with Crippen LogP contribution in [0.5, 0.6) is 0 Å². The Kier molecular flexibility index (Phi) is 5.08. The highest BCUT2D eigenvalue weighted by Crippen LogP contribution is 2.20. The van der Waals surface area contributed by atoms with E-state index in [1.165, 1.54) is 0 Å². The van der Waals surface area contributed by atoms with Crippen LogP contribution in [0.25, 0.3) is 0 Å². The van der Waals surface area contributed by atoms with Gasteiger partial charge in [0.25, 0.3) is 5.91 Å². The van der Waals surface area contributed by atoms with Crippen molar-refractivity contribution in [2.75, 3.05) is 17.6 Å². The third-order valence-corrected chi connectivity index (χ3v) is 4.19. The van der Waals surface area contributed by atoms with Crippen molar-refractivity contribution in [3.63, 3.8) is 0 Å². The molecular formula is C15H22N2O4S. The van der Waals surface area contributed by atoms with Gasteiger partial charge in [-0.25, -0.2) is 8.42 Å². The van der Waals surface area contributed by atoms with Gasteiger partial charge in [0.05, 0.1) is 29.7 Å². The lowest BCUT2D eigenvalue weighted by molar-refractivity contribution is 0.0713. The van der Waals surface area contributed by atoms with Gasteiger partial charge in [-0.15, -0.1) is 0 Å². The summed E-state index contributed by atoms with van der Waals surface area (Å²) in [6.45, 7) is 4.47. The van der Waals surface area contributed by atoms with E-state index in [1.54, 1.807) is 18.2 Å². The number of carbonyl (C=O) groups excluding carboxylic acids is 1. The molecule has 1 fully saturated rings. The lowest BCUT2D eigenvalue weighted by Crippen LogP contribution is -2.41. The minimum atomic E-state index is -3.44. The maximum atomic E-state index is 12.5. The van der Waals surface area contributed by atoms with Crippen molar-refractivity contribution in [3.05, 3.63) is 29.3 Å². The molecule has 6 nitrogen and oxygen atoms in total. The number of carbonyl (C=O) groups is 1. The molecule has 0 unspecified atom stereocenters. The van der Waals surface area contributed by atoms with Crippen molar-refractivity contribution in [1.82, 2.24) is 5.32 Å². The van der Waals surface area contributed by atoms with Crippen molar-refractivity contribution in [3.8, 4) is 0 Å². The van der Waals surface area contributed by atoms with Gasteiger partial charge < -0.3 is 10.1 Å². The van der Waals surface area contributed by atoms with Gasteiger partial charge in [0.1, 0.15) is 0 Å². The number of rotatable bonds is 5. The van der Waals surface area contributed by atoms with Crippen LogP contribution in [0, 0.1) is 6.92 Å². The molecule has 1 aromatic rings. The summed E-state index contributed by atoms with van der Waals surface area (Å²) >= 11 is 0. The lowest BCUT2D eigenvalue weighted by atomic mass is 10.1. The van der Waals surface area contributed by atoms with Crippen molar-refractivity contribution < 1.29 is 17.9 Å². The highest BCUT2D eigenvalue weighted by atomic mass is 32.2. The number of anilines is 1. The zero-order valence-corrected chi connectivity index (χ0v) is 13.9. The standard InChI is InChI=1S/C15H22N2O4S/c1-10-6-7-13(17-22(3,19)20)12(9-10)15(18)16-11(2)14-5-4-8-21-14/h6-7,9,11,14,17H,4-5,8H2,1-3H3,(H,16,18)/t11-,14+/m1/s1. The average Bonchev–Trinajstić information content (AvgIpc) is 2.93. The van der Waals surface area contributed by atoms with E-state index in [1.807, 2.05) is 13.8 Å². The minimum absolute atomic E-state index is 0.0140. The second-order valence-electron chi connectivity index (χ2n) is 5.74. The Morgan fingerprint density at radius 1 is 1.41 bits per heavy atom. The molecule has 2 atom stereocenters. The van der Waals surface area contributed by atoms with Gasteiger partial charge >= 0.3 is 0 Å². The normalized spacial score (nSPS) is 19.7. The Morgan fingerprint density at radius 3 is 2.73 bits per heavy atom. The molecule has 0 spiro atoms. The first-order valence-corrected chi connectivity index (χ1v) is 9.16. The molecule has 22 heavy (non-hydrogen) atoms. The fourth-order valence-corrected chi connectivity index (χ4v) is 3.09. The van der Waals surface area contributed by atoms with E-state index < -0.39 is 10.0 Å².